The zero-order chi connectivity index (χ0) is 22.0. The first kappa shape index (κ1) is 21.2. The molecular weight excluding hydrogens is 429 g/mol. The number of benzene rings is 1. The molecule has 2 aliphatic rings. The van der Waals surface area contributed by atoms with Gasteiger partial charge in [0.2, 0.25) is 0 Å². The molecule has 0 saturated carbocycles. The molecule has 1 aliphatic heterocycles. The number of ether oxygens (including phenoxy) is 2. The number of alkyl halides is 3. The van der Waals surface area contributed by atoms with Crippen LogP contribution in [0.15, 0.2) is 59.6 Å². The van der Waals surface area contributed by atoms with Crippen LogP contribution in [-0.4, -0.2) is 24.5 Å². The first-order chi connectivity index (χ1) is 14.9. The van der Waals surface area contributed by atoms with Crippen LogP contribution in [0.1, 0.15) is 34.6 Å². The van der Waals surface area contributed by atoms with Crippen molar-refractivity contribution < 1.29 is 27.4 Å². The van der Waals surface area contributed by atoms with Crippen molar-refractivity contribution in [3.63, 3.8) is 0 Å². The van der Waals surface area contributed by atoms with Gasteiger partial charge in [-0.05, 0) is 48.6 Å². The van der Waals surface area contributed by atoms with E-state index in [1.54, 1.807) is 36.8 Å². The van der Waals surface area contributed by atoms with Crippen LogP contribution in [0.5, 0.6) is 5.75 Å². The number of halogens is 3. The van der Waals surface area contributed by atoms with E-state index in [0.717, 1.165) is 40.9 Å². The van der Waals surface area contributed by atoms with Gasteiger partial charge in [0.1, 0.15) is 15.6 Å². The van der Waals surface area contributed by atoms with Gasteiger partial charge in [0, 0.05) is 12.1 Å². The van der Waals surface area contributed by atoms with E-state index in [2.05, 4.69) is 10.3 Å². The van der Waals surface area contributed by atoms with E-state index in [1.165, 1.54) is 7.11 Å². The lowest BCUT2D eigenvalue weighted by molar-refractivity contribution is -0.141. The highest BCUT2D eigenvalue weighted by Crippen LogP contribution is 2.39. The van der Waals surface area contributed by atoms with Gasteiger partial charge in [0.15, 0.2) is 5.69 Å². The third-order valence-electron chi connectivity index (χ3n) is 5.08. The summed E-state index contributed by atoms with van der Waals surface area (Å²) < 4.78 is 50.9. The minimum Gasteiger partial charge on any atom is -0.497 e. The maximum absolute atomic E-state index is 13.5. The quantitative estimate of drug-likeness (QED) is 0.636. The van der Waals surface area contributed by atoms with Crippen LogP contribution in [-0.2, 0) is 10.9 Å². The monoisotopic (exact) mass is 448 g/mol. The van der Waals surface area contributed by atoms with Crippen molar-refractivity contribution in [1.29, 1.82) is 0 Å². The van der Waals surface area contributed by atoms with Crippen molar-refractivity contribution in [2.45, 2.75) is 25.4 Å². The highest BCUT2D eigenvalue weighted by atomic mass is 32.1. The molecule has 1 aromatic carbocycles. The summed E-state index contributed by atoms with van der Waals surface area (Å²) in [5, 5.41) is 2.73. The van der Waals surface area contributed by atoms with E-state index in [1.807, 2.05) is 6.08 Å². The highest BCUT2D eigenvalue weighted by molar-refractivity contribution is 7.17. The Hall–Kier alpha value is -3.07. The number of amides is 1. The molecule has 2 heterocycles. The molecule has 0 fully saturated rings. The average molecular weight is 448 g/mol. The van der Waals surface area contributed by atoms with E-state index < -0.39 is 22.7 Å². The molecule has 1 aromatic heterocycles. The van der Waals surface area contributed by atoms with E-state index in [0.29, 0.717) is 17.7 Å². The van der Waals surface area contributed by atoms with Gasteiger partial charge in [-0.1, -0.05) is 17.7 Å². The molecule has 1 aliphatic carbocycles. The van der Waals surface area contributed by atoms with Crippen LogP contribution in [0.2, 0.25) is 0 Å². The minimum atomic E-state index is -4.73. The first-order valence-corrected chi connectivity index (χ1v) is 10.4. The molecule has 2 aromatic rings. The standard InChI is InChI=1S/C22H19F3N2O3S/c1-29-16-4-2-3-14(11-16)21-27-19(22(23,24)25)18(31-21)20(28)26-9-7-13-5-6-15-12-30-10-8-17(13)15/h2-4,8,10-12H,5-7,9H2,1H3,(H,26,28). The van der Waals surface area contributed by atoms with Crippen LogP contribution in [0.3, 0.4) is 0 Å². The van der Waals surface area contributed by atoms with Crippen LogP contribution >= 0.6 is 11.3 Å². The fourth-order valence-corrected chi connectivity index (χ4v) is 4.57. The lowest BCUT2D eigenvalue weighted by Gasteiger charge is -2.09. The minimum absolute atomic E-state index is 0.110. The number of rotatable bonds is 6. The molecule has 0 spiro atoms. The third-order valence-corrected chi connectivity index (χ3v) is 6.18. The Labute approximate surface area is 180 Å². The zero-order valence-corrected chi connectivity index (χ0v) is 17.4. The van der Waals surface area contributed by atoms with Crippen molar-refractivity contribution in [2.24, 2.45) is 0 Å². The molecule has 1 N–H and O–H groups in total. The second-order valence-corrected chi connectivity index (χ2v) is 8.03. The predicted molar refractivity (Wildman–Crippen MR) is 111 cm³/mol. The van der Waals surface area contributed by atoms with E-state index in [-0.39, 0.29) is 11.6 Å². The number of methoxy groups -OCH3 is 1. The molecule has 0 bridgehead atoms. The number of nitrogens with one attached hydrogen (secondary N) is 1. The number of carbonyl (C=O) groups is 1. The van der Waals surface area contributed by atoms with Crippen LogP contribution in [0.25, 0.3) is 10.6 Å². The van der Waals surface area contributed by atoms with Gasteiger partial charge in [-0.3, -0.25) is 4.79 Å². The molecular formula is C22H19F3N2O3S. The Morgan fingerprint density at radius 3 is 2.94 bits per heavy atom. The molecule has 4 rings (SSSR count). The number of hydrogen-bond donors (Lipinski definition) is 1. The van der Waals surface area contributed by atoms with Crippen molar-refractivity contribution in [3.05, 3.63) is 70.2 Å². The Morgan fingerprint density at radius 1 is 1.32 bits per heavy atom. The molecule has 0 atom stereocenters. The fraction of sp³-hybridized carbons (Fsp3) is 0.273. The molecule has 0 radical (unpaired) electrons. The van der Waals surface area contributed by atoms with E-state index in [9.17, 15) is 18.0 Å². The molecule has 0 saturated heterocycles. The van der Waals surface area contributed by atoms with Crippen molar-refractivity contribution >= 4 is 17.2 Å². The lowest BCUT2D eigenvalue weighted by Crippen LogP contribution is -2.26. The Kier molecular flexibility index (Phi) is 5.86. The third kappa shape index (κ3) is 4.51. The van der Waals surface area contributed by atoms with Crippen LogP contribution < -0.4 is 10.1 Å². The van der Waals surface area contributed by atoms with Gasteiger partial charge < -0.3 is 14.8 Å². The number of nitrogens with zero attached hydrogens (tertiary/aromatic N) is 1. The topological polar surface area (TPSA) is 60.5 Å². The second kappa shape index (κ2) is 8.58. The van der Waals surface area contributed by atoms with E-state index >= 15 is 0 Å². The van der Waals surface area contributed by atoms with Gasteiger partial charge in [-0.15, -0.1) is 11.3 Å². The summed E-state index contributed by atoms with van der Waals surface area (Å²) in [5.41, 5.74) is 2.64. The van der Waals surface area contributed by atoms with Gasteiger partial charge in [-0.2, -0.15) is 13.2 Å². The summed E-state index contributed by atoms with van der Waals surface area (Å²) in [6, 6.07) is 6.56. The van der Waals surface area contributed by atoms with Crippen LogP contribution in [0, 0.1) is 0 Å². The molecule has 5 nitrogen and oxygen atoms in total. The predicted octanol–water partition coefficient (Wildman–Crippen LogP) is 5.48. The average Bonchev–Trinajstić information content (AvgIpc) is 3.39. The maximum Gasteiger partial charge on any atom is 0.435 e. The second-order valence-electron chi connectivity index (χ2n) is 7.03. The Balaban J connectivity index is 1.52. The van der Waals surface area contributed by atoms with E-state index in [4.69, 9.17) is 9.47 Å². The summed E-state index contributed by atoms with van der Waals surface area (Å²) in [4.78, 5) is 15.9. The summed E-state index contributed by atoms with van der Waals surface area (Å²) in [5.74, 6) is -0.283. The van der Waals surface area contributed by atoms with Crippen molar-refractivity contribution in [3.8, 4) is 16.3 Å². The Bertz CT molecular complexity index is 1100. The number of fused-ring (bicyclic) bond motifs is 1. The summed E-state index contributed by atoms with van der Waals surface area (Å²) in [7, 11) is 1.47. The summed E-state index contributed by atoms with van der Waals surface area (Å²) in [6.45, 7) is 0.239. The van der Waals surface area contributed by atoms with Gasteiger partial charge >= 0.3 is 6.18 Å². The number of allylic oxidation sites excluding steroid dienone is 3. The zero-order valence-electron chi connectivity index (χ0n) is 16.6. The summed E-state index contributed by atoms with van der Waals surface area (Å²) in [6.07, 6.45) is 2.71. The summed E-state index contributed by atoms with van der Waals surface area (Å²) >= 11 is 0.720. The lowest BCUT2D eigenvalue weighted by atomic mass is 10.1. The number of aromatic nitrogens is 1. The Morgan fingerprint density at radius 2 is 2.16 bits per heavy atom. The number of thiazole rings is 1. The highest BCUT2D eigenvalue weighted by Gasteiger charge is 2.39. The normalized spacial score (nSPS) is 15.4. The smallest absolute Gasteiger partial charge is 0.435 e. The molecule has 9 heteroatoms. The molecule has 1 amide bonds. The van der Waals surface area contributed by atoms with Gasteiger partial charge in [0.25, 0.3) is 5.91 Å². The molecule has 0 unspecified atom stereocenters. The van der Waals surface area contributed by atoms with Crippen LogP contribution in [0.4, 0.5) is 13.2 Å². The molecule has 31 heavy (non-hydrogen) atoms. The largest absolute Gasteiger partial charge is 0.497 e. The van der Waals surface area contributed by atoms with Gasteiger partial charge in [0.05, 0.1) is 19.6 Å². The fourth-order valence-electron chi connectivity index (χ4n) is 3.57. The van der Waals surface area contributed by atoms with Crippen molar-refractivity contribution in [1.82, 2.24) is 10.3 Å². The number of hydrogen-bond acceptors (Lipinski definition) is 5. The van der Waals surface area contributed by atoms with Crippen molar-refractivity contribution in [2.75, 3.05) is 13.7 Å². The number of carbonyl (C=O) groups excluding carboxylic acids is 1. The first-order valence-electron chi connectivity index (χ1n) is 9.61. The SMILES string of the molecule is COc1cccc(-c2nc(C(F)(F)F)c(C(=O)NCCC3=C4C=COC=C4CC3)s2)c1. The molecule has 162 valence electrons. The maximum atomic E-state index is 13.5. The van der Waals surface area contributed by atoms with Gasteiger partial charge in [-0.25, -0.2) is 4.98 Å².